The summed E-state index contributed by atoms with van der Waals surface area (Å²) in [6.45, 7) is 4.00. The van der Waals surface area contributed by atoms with E-state index in [1.165, 1.54) is 19.2 Å². The molecule has 5 rings (SSSR count). The Labute approximate surface area is 195 Å². The summed E-state index contributed by atoms with van der Waals surface area (Å²) in [4.78, 5) is 32.1. The number of hydrogen-bond donors (Lipinski definition) is 0. The summed E-state index contributed by atoms with van der Waals surface area (Å²) < 4.78 is 16.4. The first-order valence-corrected chi connectivity index (χ1v) is 10.7. The predicted octanol–water partition coefficient (Wildman–Crippen LogP) is 3.47. The summed E-state index contributed by atoms with van der Waals surface area (Å²) in [7, 11) is 3.01. The number of fused-ring (bicyclic) bond motifs is 1. The number of imide groups is 1. The lowest BCUT2D eigenvalue weighted by Crippen LogP contribution is -2.39. The van der Waals surface area contributed by atoms with Crippen LogP contribution in [0, 0.1) is 13.8 Å². The second-order valence-electron chi connectivity index (χ2n) is 8.13. The van der Waals surface area contributed by atoms with Crippen molar-refractivity contribution in [3.05, 3.63) is 59.5 Å². The zero-order chi connectivity index (χ0) is 24.0. The van der Waals surface area contributed by atoms with Crippen LogP contribution in [0.1, 0.15) is 17.0 Å². The number of amides is 2. The van der Waals surface area contributed by atoms with Gasteiger partial charge < -0.3 is 13.9 Å². The molecule has 0 aliphatic carbocycles. The van der Waals surface area contributed by atoms with Gasteiger partial charge in [0.05, 0.1) is 26.5 Å². The third-order valence-electron chi connectivity index (χ3n) is 5.99. The van der Waals surface area contributed by atoms with Crippen LogP contribution in [-0.2, 0) is 16.1 Å². The fourth-order valence-electron chi connectivity index (χ4n) is 4.12. The topological polar surface area (TPSA) is 110 Å². The summed E-state index contributed by atoms with van der Waals surface area (Å²) in [6, 6.07) is 11.0. The highest BCUT2D eigenvalue weighted by Crippen LogP contribution is 2.37. The van der Waals surface area contributed by atoms with Crippen molar-refractivity contribution in [2.45, 2.75) is 32.5 Å². The van der Waals surface area contributed by atoms with Gasteiger partial charge >= 0.3 is 0 Å². The van der Waals surface area contributed by atoms with E-state index in [1.807, 2.05) is 38.1 Å². The minimum absolute atomic E-state index is 0.185. The number of rotatable bonds is 6. The van der Waals surface area contributed by atoms with E-state index in [4.69, 9.17) is 13.9 Å². The van der Waals surface area contributed by atoms with Gasteiger partial charge in [0.25, 0.3) is 11.8 Å². The first-order valence-electron chi connectivity index (χ1n) is 10.7. The van der Waals surface area contributed by atoms with Crippen molar-refractivity contribution >= 4 is 17.5 Å². The Hall–Kier alpha value is -4.21. The van der Waals surface area contributed by atoms with Gasteiger partial charge in [0.2, 0.25) is 5.89 Å². The molecule has 2 atom stereocenters. The Balaban J connectivity index is 1.39. The Morgan fingerprint density at radius 1 is 0.971 bits per heavy atom. The van der Waals surface area contributed by atoms with Crippen molar-refractivity contribution in [1.82, 2.24) is 9.99 Å². The number of carbonyl (C=O) groups excluding carboxylic acids is 2. The SMILES string of the molecule is COc1ccc(N2C(=O)C3N=NN(Cc4nc(-c5ccc(C)cc5)oc4C)C3C2=O)cc1OC. The van der Waals surface area contributed by atoms with Crippen LogP contribution in [0.2, 0.25) is 0 Å². The number of nitrogens with zero attached hydrogens (tertiary/aromatic N) is 5. The van der Waals surface area contributed by atoms with Gasteiger partial charge in [-0.2, -0.15) is 5.11 Å². The molecule has 10 nitrogen and oxygen atoms in total. The van der Waals surface area contributed by atoms with Gasteiger partial charge in [-0.3, -0.25) is 14.6 Å². The van der Waals surface area contributed by atoms with Crippen LogP contribution in [0.25, 0.3) is 11.5 Å². The monoisotopic (exact) mass is 461 g/mol. The maximum absolute atomic E-state index is 13.3. The predicted molar refractivity (Wildman–Crippen MR) is 121 cm³/mol. The minimum Gasteiger partial charge on any atom is -0.493 e. The van der Waals surface area contributed by atoms with Crippen molar-refractivity contribution < 1.29 is 23.5 Å². The van der Waals surface area contributed by atoms with E-state index >= 15 is 0 Å². The average Bonchev–Trinajstić information content (AvgIpc) is 3.49. The molecule has 2 aromatic carbocycles. The Bertz CT molecular complexity index is 1300. The van der Waals surface area contributed by atoms with Gasteiger partial charge in [-0.15, -0.1) is 0 Å². The third-order valence-corrected chi connectivity index (χ3v) is 5.99. The Morgan fingerprint density at radius 2 is 1.71 bits per heavy atom. The van der Waals surface area contributed by atoms with Gasteiger partial charge in [0.1, 0.15) is 11.5 Å². The summed E-state index contributed by atoms with van der Waals surface area (Å²) in [5, 5.41) is 9.69. The second kappa shape index (κ2) is 8.29. The van der Waals surface area contributed by atoms with Crippen molar-refractivity contribution in [1.29, 1.82) is 0 Å². The first-order chi connectivity index (χ1) is 16.4. The van der Waals surface area contributed by atoms with E-state index in [1.54, 1.807) is 18.2 Å². The molecule has 2 aliphatic rings. The fourth-order valence-corrected chi connectivity index (χ4v) is 4.12. The van der Waals surface area contributed by atoms with E-state index in [0.29, 0.717) is 34.5 Å². The fraction of sp³-hybridized carbons (Fsp3) is 0.292. The summed E-state index contributed by atoms with van der Waals surface area (Å²) in [5.74, 6) is 1.16. The van der Waals surface area contributed by atoms with Crippen LogP contribution < -0.4 is 14.4 Å². The smallest absolute Gasteiger partial charge is 0.263 e. The molecule has 10 heteroatoms. The molecule has 1 fully saturated rings. The van der Waals surface area contributed by atoms with Crippen molar-refractivity contribution in [3.8, 4) is 23.0 Å². The van der Waals surface area contributed by atoms with E-state index < -0.39 is 23.9 Å². The molecule has 0 N–H and O–H groups in total. The lowest BCUT2D eigenvalue weighted by Gasteiger charge is -2.20. The van der Waals surface area contributed by atoms with Gasteiger partial charge in [-0.25, -0.2) is 9.88 Å². The molecule has 3 aromatic rings. The maximum Gasteiger partial charge on any atom is 0.263 e. The van der Waals surface area contributed by atoms with Gasteiger partial charge in [-0.1, -0.05) is 22.9 Å². The lowest BCUT2D eigenvalue weighted by molar-refractivity contribution is -0.123. The molecule has 2 unspecified atom stereocenters. The number of oxazole rings is 1. The van der Waals surface area contributed by atoms with Gasteiger partial charge in [-0.05, 0) is 38.1 Å². The molecule has 34 heavy (non-hydrogen) atoms. The van der Waals surface area contributed by atoms with Gasteiger partial charge in [0, 0.05) is 11.6 Å². The molecule has 2 amide bonds. The Kier molecular flexibility index (Phi) is 5.27. The highest BCUT2D eigenvalue weighted by atomic mass is 16.5. The number of benzene rings is 2. The number of methoxy groups -OCH3 is 2. The second-order valence-corrected chi connectivity index (χ2v) is 8.13. The molecule has 3 heterocycles. The molecule has 0 bridgehead atoms. The largest absolute Gasteiger partial charge is 0.493 e. The normalized spacial score (nSPS) is 19.2. The standard InChI is InChI=1S/C24H23N5O5/c1-13-5-7-15(8-6-13)22-25-17(14(2)34-22)12-28-21-20(26-27-28)23(30)29(24(21)31)16-9-10-18(32-3)19(11-16)33-4/h5-11,20-21H,12H2,1-4H3. The highest BCUT2D eigenvalue weighted by molar-refractivity contribution is 6.25. The molecular weight excluding hydrogens is 438 g/mol. The summed E-state index contributed by atoms with van der Waals surface area (Å²) in [5.41, 5.74) is 3.00. The highest BCUT2D eigenvalue weighted by Gasteiger charge is 2.55. The van der Waals surface area contributed by atoms with Crippen LogP contribution in [0.4, 0.5) is 5.69 Å². The van der Waals surface area contributed by atoms with Crippen LogP contribution in [0.15, 0.2) is 57.2 Å². The number of aryl methyl sites for hydroxylation is 2. The van der Waals surface area contributed by atoms with Crippen LogP contribution in [-0.4, -0.2) is 48.1 Å². The molecule has 1 saturated heterocycles. The molecule has 1 aromatic heterocycles. The number of carbonyl (C=O) groups is 2. The number of anilines is 1. The van der Waals surface area contributed by atoms with E-state index in [2.05, 4.69) is 15.3 Å². The average molecular weight is 461 g/mol. The lowest BCUT2D eigenvalue weighted by atomic mass is 10.1. The zero-order valence-electron chi connectivity index (χ0n) is 19.2. The Morgan fingerprint density at radius 3 is 2.41 bits per heavy atom. The molecule has 2 aliphatic heterocycles. The van der Waals surface area contributed by atoms with Crippen LogP contribution in [0.3, 0.4) is 0 Å². The van der Waals surface area contributed by atoms with E-state index in [0.717, 1.165) is 16.0 Å². The number of ether oxygens (including phenoxy) is 2. The third kappa shape index (κ3) is 3.47. The number of aromatic nitrogens is 1. The zero-order valence-corrected chi connectivity index (χ0v) is 19.2. The quantitative estimate of drug-likeness (QED) is 0.517. The maximum atomic E-state index is 13.3. The molecule has 0 spiro atoms. The molecule has 0 radical (unpaired) electrons. The summed E-state index contributed by atoms with van der Waals surface area (Å²) in [6.07, 6.45) is 0. The molecule has 0 saturated carbocycles. The number of hydrogen-bond acceptors (Lipinski definition) is 9. The minimum atomic E-state index is -0.913. The molecule has 174 valence electrons. The van der Waals surface area contributed by atoms with E-state index in [-0.39, 0.29) is 6.54 Å². The summed E-state index contributed by atoms with van der Waals surface area (Å²) >= 11 is 0. The van der Waals surface area contributed by atoms with Crippen LogP contribution >= 0.6 is 0 Å². The van der Waals surface area contributed by atoms with Crippen molar-refractivity contribution in [2.24, 2.45) is 10.3 Å². The van der Waals surface area contributed by atoms with Crippen LogP contribution in [0.5, 0.6) is 11.5 Å². The molecular formula is C24H23N5O5. The van der Waals surface area contributed by atoms with Crippen molar-refractivity contribution in [3.63, 3.8) is 0 Å². The van der Waals surface area contributed by atoms with E-state index in [9.17, 15) is 9.59 Å². The van der Waals surface area contributed by atoms with Gasteiger partial charge in [0.15, 0.2) is 23.6 Å². The van der Waals surface area contributed by atoms with Crippen molar-refractivity contribution in [2.75, 3.05) is 19.1 Å². The first kappa shape index (κ1) is 21.6.